The lowest BCUT2D eigenvalue weighted by Crippen LogP contribution is -2.62. The van der Waals surface area contributed by atoms with Crippen LogP contribution in [0.1, 0.15) is 12.5 Å². The highest BCUT2D eigenvalue weighted by molar-refractivity contribution is 5.85. The number of rotatable bonds is 4. The highest BCUT2D eigenvalue weighted by Crippen LogP contribution is 2.21. The second-order valence-electron chi connectivity index (χ2n) is 6.78. The number of hydrogen-bond acceptors (Lipinski definition) is 4. The predicted molar refractivity (Wildman–Crippen MR) is 92.2 cm³/mol. The number of carbonyl (C=O) groups excluding carboxylic acids is 3. The standard InChI is InChI=1S/C18H24N4O3/c1-13(23)22-10-15(11-22)18(25)21-8-7-20(16(12-21)17(19)24)9-14-5-3-2-4-6-14/h2-6,15-16H,7-12H2,1H3,(H2,19,24)/t16-/m1/s1. The van der Waals surface area contributed by atoms with Gasteiger partial charge in [-0.05, 0) is 5.56 Å². The van der Waals surface area contributed by atoms with Gasteiger partial charge in [-0.25, -0.2) is 0 Å². The molecule has 0 bridgehead atoms. The van der Waals surface area contributed by atoms with Crippen LogP contribution in [0.3, 0.4) is 0 Å². The number of amides is 3. The summed E-state index contributed by atoms with van der Waals surface area (Å²) < 4.78 is 0. The topological polar surface area (TPSA) is 87.0 Å². The Hall–Kier alpha value is -2.41. The van der Waals surface area contributed by atoms with Crippen LogP contribution in [-0.4, -0.2) is 71.2 Å². The summed E-state index contributed by atoms with van der Waals surface area (Å²) in [6.45, 7) is 4.59. The Morgan fingerprint density at radius 1 is 1.04 bits per heavy atom. The molecule has 2 aliphatic heterocycles. The lowest BCUT2D eigenvalue weighted by atomic mass is 9.97. The molecular formula is C18H24N4O3. The first-order chi connectivity index (χ1) is 12.0. The molecule has 2 N–H and O–H groups in total. The maximum absolute atomic E-state index is 12.6. The van der Waals surface area contributed by atoms with Crippen LogP contribution in [0.4, 0.5) is 0 Å². The van der Waals surface area contributed by atoms with Crippen LogP contribution in [0.2, 0.25) is 0 Å². The highest BCUT2D eigenvalue weighted by atomic mass is 16.2. The molecule has 2 heterocycles. The minimum atomic E-state index is -0.484. The lowest BCUT2D eigenvalue weighted by molar-refractivity contribution is -0.150. The number of piperazine rings is 1. The first-order valence-corrected chi connectivity index (χ1v) is 8.57. The van der Waals surface area contributed by atoms with Gasteiger partial charge in [0.25, 0.3) is 0 Å². The quantitative estimate of drug-likeness (QED) is 0.810. The first-order valence-electron chi connectivity index (χ1n) is 8.57. The Labute approximate surface area is 147 Å². The van der Waals surface area contributed by atoms with E-state index < -0.39 is 11.9 Å². The maximum Gasteiger partial charge on any atom is 0.236 e. The van der Waals surface area contributed by atoms with Gasteiger partial charge in [-0.1, -0.05) is 30.3 Å². The summed E-state index contributed by atoms with van der Waals surface area (Å²) in [7, 11) is 0. The highest BCUT2D eigenvalue weighted by Gasteiger charge is 2.40. The summed E-state index contributed by atoms with van der Waals surface area (Å²) in [5.74, 6) is -0.555. The molecule has 134 valence electrons. The fourth-order valence-corrected chi connectivity index (χ4v) is 3.45. The fourth-order valence-electron chi connectivity index (χ4n) is 3.45. The van der Waals surface area contributed by atoms with Crippen LogP contribution >= 0.6 is 0 Å². The molecule has 7 heteroatoms. The average Bonchev–Trinajstić information content (AvgIpc) is 2.54. The summed E-state index contributed by atoms with van der Waals surface area (Å²) in [5.41, 5.74) is 6.70. The van der Waals surface area contributed by atoms with Crippen LogP contribution in [-0.2, 0) is 20.9 Å². The van der Waals surface area contributed by atoms with E-state index in [1.165, 1.54) is 6.92 Å². The Balaban J connectivity index is 1.60. The molecule has 1 aromatic carbocycles. The molecule has 3 rings (SSSR count). The molecule has 2 aliphatic rings. The van der Waals surface area contributed by atoms with Crippen molar-refractivity contribution in [1.29, 1.82) is 0 Å². The minimum Gasteiger partial charge on any atom is -0.368 e. The van der Waals surface area contributed by atoms with Crippen molar-refractivity contribution in [3.8, 4) is 0 Å². The molecule has 0 aromatic heterocycles. The van der Waals surface area contributed by atoms with Gasteiger partial charge in [-0.2, -0.15) is 0 Å². The maximum atomic E-state index is 12.6. The van der Waals surface area contributed by atoms with Crippen molar-refractivity contribution in [1.82, 2.24) is 14.7 Å². The Morgan fingerprint density at radius 3 is 2.32 bits per heavy atom. The van der Waals surface area contributed by atoms with Crippen LogP contribution in [0.5, 0.6) is 0 Å². The molecule has 7 nitrogen and oxygen atoms in total. The molecule has 0 spiro atoms. The zero-order valence-electron chi connectivity index (χ0n) is 14.4. The van der Waals surface area contributed by atoms with E-state index in [1.54, 1.807) is 9.80 Å². The van der Waals surface area contributed by atoms with E-state index >= 15 is 0 Å². The molecule has 2 saturated heterocycles. The van der Waals surface area contributed by atoms with Gasteiger partial charge < -0.3 is 15.5 Å². The van der Waals surface area contributed by atoms with Gasteiger partial charge in [0.2, 0.25) is 17.7 Å². The Kier molecular flexibility index (Phi) is 5.03. The van der Waals surface area contributed by atoms with Crippen LogP contribution in [0, 0.1) is 5.92 Å². The lowest BCUT2D eigenvalue weighted by Gasteiger charge is -2.44. The molecule has 1 aromatic rings. The third-order valence-electron chi connectivity index (χ3n) is 5.04. The summed E-state index contributed by atoms with van der Waals surface area (Å²) in [5, 5.41) is 0. The normalized spacial score (nSPS) is 21.7. The molecule has 0 saturated carbocycles. The number of primary amides is 1. The van der Waals surface area contributed by atoms with Crippen molar-refractivity contribution >= 4 is 17.7 Å². The van der Waals surface area contributed by atoms with Gasteiger partial charge in [0.05, 0.1) is 5.92 Å². The van der Waals surface area contributed by atoms with Crippen LogP contribution in [0.15, 0.2) is 30.3 Å². The zero-order valence-corrected chi connectivity index (χ0v) is 14.4. The van der Waals surface area contributed by atoms with Gasteiger partial charge in [-0.3, -0.25) is 19.3 Å². The van der Waals surface area contributed by atoms with E-state index in [4.69, 9.17) is 5.73 Å². The number of nitrogens with zero attached hydrogens (tertiary/aromatic N) is 3. The molecule has 0 radical (unpaired) electrons. The molecule has 3 amide bonds. The van der Waals surface area contributed by atoms with E-state index in [-0.39, 0.29) is 17.7 Å². The second kappa shape index (κ2) is 7.23. The molecule has 0 aliphatic carbocycles. The average molecular weight is 344 g/mol. The van der Waals surface area contributed by atoms with Gasteiger partial charge in [0.15, 0.2) is 0 Å². The Morgan fingerprint density at radius 2 is 1.72 bits per heavy atom. The van der Waals surface area contributed by atoms with Crippen LogP contribution in [0.25, 0.3) is 0 Å². The smallest absolute Gasteiger partial charge is 0.236 e. The molecule has 1 atom stereocenters. The van der Waals surface area contributed by atoms with Crippen molar-refractivity contribution in [3.63, 3.8) is 0 Å². The third-order valence-corrected chi connectivity index (χ3v) is 5.04. The second-order valence-corrected chi connectivity index (χ2v) is 6.78. The number of likely N-dealkylation sites (tertiary alicyclic amines) is 1. The van der Waals surface area contributed by atoms with Gasteiger partial charge in [0, 0.05) is 46.2 Å². The number of carbonyl (C=O) groups is 3. The van der Waals surface area contributed by atoms with Crippen molar-refractivity contribution in [2.75, 3.05) is 32.7 Å². The first kappa shape index (κ1) is 17.4. The molecular weight excluding hydrogens is 320 g/mol. The fraction of sp³-hybridized carbons (Fsp3) is 0.500. The summed E-state index contributed by atoms with van der Waals surface area (Å²) >= 11 is 0. The minimum absolute atomic E-state index is 0.00765. The van der Waals surface area contributed by atoms with Crippen molar-refractivity contribution in [3.05, 3.63) is 35.9 Å². The monoisotopic (exact) mass is 344 g/mol. The van der Waals surface area contributed by atoms with E-state index in [0.717, 1.165) is 5.56 Å². The third kappa shape index (κ3) is 3.82. The van der Waals surface area contributed by atoms with E-state index in [1.807, 2.05) is 35.2 Å². The largest absolute Gasteiger partial charge is 0.368 e. The summed E-state index contributed by atoms with van der Waals surface area (Å²) in [4.78, 5) is 41.2. The molecule has 25 heavy (non-hydrogen) atoms. The zero-order chi connectivity index (χ0) is 18.0. The van der Waals surface area contributed by atoms with Gasteiger partial charge in [0.1, 0.15) is 6.04 Å². The van der Waals surface area contributed by atoms with E-state index in [0.29, 0.717) is 39.3 Å². The number of nitrogens with two attached hydrogens (primary N) is 1. The molecule has 0 unspecified atom stereocenters. The van der Waals surface area contributed by atoms with E-state index in [9.17, 15) is 14.4 Å². The molecule has 2 fully saturated rings. The number of hydrogen-bond donors (Lipinski definition) is 1. The van der Waals surface area contributed by atoms with Crippen molar-refractivity contribution < 1.29 is 14.4 Å². The van der Waals surface area contributed by atoms with E-state index in [2.05, 4.69) is 0 Å². The predicted octanol–water partition coefficient (Wildman–Crippen LogP) is -0.337. The van der Waals surface area contributed by atoms with Crippen molar-refractivity contribution in [2.45, 2.75) is 19.5 Å². The summed E-state index contributed by atoms with van der Waals surface area (Å²) in [6, 6.07) is 9.43. The van der Waals surface area contributed by atoms with Crippen LogP contribution < -0.4 is 5.73 Å². The Bertz CT molecular complexity index is 658. The number of benzene rings is 1. The van der Waals surface area contributed by atoms with Gasteiger partial charge >= 0.3 is 0 Å². The SMILES string of the molecule is CC(=O)N1CC(C(=O)N2CCN(Cc3ccccc3)[C@@H](C(N)=O)C2)C1. The van der Waals surface area contributed by atoms with Crippen molar-refractivity contribution in [2.24, 2.45) is 11.7 Å². The van der Waals surface area contributed by atoms with Gasteiger partial charge in [-0.15, -0.1) is 0 Å². The summed E-state index contributed by atoms with van der Waals surface area (Å²) in [6.07, 6.45) is 0.